The van der Waals surface area contributed by atoms with Gasteiger partial charge in [0.25, 0.3) is 0 Å². The van der Waals surface area contributed by atoms with Crippen LogP contribution in [-0.4, -0.2) is 10.2 Å². The van der Waals surface area contributed by atoms with Gasteiger partial charge in [-0.05, 0) is 0 Å². The highest BCUT2D eigenvalue weighted by Gasteiger charge is 2.05. The Kier molecular flexibility index (Phi) is 2.93. The predicted octanol–water partition coefficient (Wildman–Crippen LogP) is 1.90. The van der Waals surface area contributed by atoms with Crippen LogP contribution in [0.1, 0.15) is 5.56 Å². The van der Waals surface area contributed by atoms with E-state index in [4.69, 9.17) is 16.4 Å². The van der Waals surface area contributed by atoms with Gasteiger partial charge in [-0.15, -0.1) is 0 Å². The molecule has 0 saturated carbocycles. The molecule has 1 rings (SSSR count). The third kappa shape index (κ3) is 3.05. The van der Waals surface area contributed by atoms with Gasteiger partial charge in [0, 0.05) is 5.56 Å². The van der Waals surface area contributed by atoms with E-state index in [1.807, 2.05) is 30.3 Å². The highest BCUT2D eigenvalue weighted by Crippen LogP contribution is 2.00. The molecule has 0 aliphatic carbocycles. The Balaban J connectivity index is 2.45. The molecule has 1 aromatic rings. The summed E-state index contributed by atoms with van der Waals surface area (Å²) in [6, 6.07) is 9.47. The van der Waals surface area contributed by atoms with Crippen molar-refractivity contribution in [2.45, 2.75) is 6.61 Å². The Hall–Kier alpha value is -1.02. The SMILES string of the molecule is [OH+]=C(Cl)OCc1ccccc1. The minimum Gasteiger partial charge on any atom is -0.325 e. The van der Waals surface area contributed by atoms with Crippen LogP contribution in [0.5, 0.6) is 0 Å². The van der Waals surface area contributed by atoms with Gasteiger partial charge in [0.2, 0.25) is 6.61 Å². The van der Waals surface area contributed by atoms with Crippen LogP contribution in [0.2, 0.25) is 0 Å². The van der Waals surface area contributed by atoms with Crippen molar-refractivity contribution >= 4 is 17.0 Å². The normalized spacial score (nSPS) is 9.18. The lowest BCUT2D eigenvalue weighted by Crippen LogP contribution is -1.95. The molecule has 0 radical (unpaired) electrons. The number of rotatable bonds is 2. The van der Waals surface area contributed by atoms with Crippen LogP contribution in [0.15, 0.2) is 30.3 Å². The minimum absolute atomic E-state index is 0.302. The molecule has 0 aliphatic rings. The van der Waals surface area contributed by atoms with Crippen LogP contribution < -0.4 is 0 Å². The van der Waals surface area contributed by atoms with Gasteiger partial charge >= 0.3 is 5.43 Å². The van der Waals surface area contributed by atoms with E-state index in [-0.39, 0.29) is 0 Å². The molecule has 0 amide bonds. The molecule has 0 atom stereocenters. The molecule has 1 aromatic carbocycles. The number of halogens is 1. The van der Waals surface area contributed by atoms with Crippen molar-refractivity contribution in [3.63, 3.8) is 0 Å². The van der Waals surface area contributed by atoms with E-state index >= 15 is 0 Å². The van der Waals surface area contributed by atoms with Crippen LogP contribution in [0, 0.1) is 0 Å². The molecule has 58 valence electrons. The second-order valence-corrected chi connectivity index (χ2v) is 2.35. The van der Waals surface area contributed by atoms with Gasteiger partial charge in [-0.1, -0.05) is 30.3 Å². The number of carbonyl (C=O) groups excluding carboxylic acids is 1. The van der Waals surface area contributed by atoms with Gasteiger partial charge < -0.3 is 9.53 Å². The highest BCUT2D eigenvalue weighted by atomic mass is 35.5. The third-order valence-corrected chi connectivity index (χ3v) is 1.31. The maximum Gasteiger partial charge on any atom is 0.591 e. The zero-order chi connectivity index (χ0) is 8.10. The number of ether oxygens (including phenoxy) is 1. The van der Waals surface area contributed by atoms with E-state index < -0.39 is 5.43 Å². The summed E-state index contributed by atoms with van der Waals surface area (Å²) in [6.45, 7) is 0.302. The zero-order valence-electron chi connectivity index (χ0n) is 5.83. The molecular formula is C8H8ClO2+. The summed E-state index contributed by atoms with van der Waals surface area (Å²) in [5, 5.41) is 0. The fourth-order valence-electron chi connectivity index (χ4n) is 0.717. The van der Waals surface area contributed by atoms with Gasteiger partial charge in [0.05, 0.1) is 11.6 Å². The Morgan fingerprint density at radius 3 is 2.55 bits per heavy atom. The van der Waals surface area contributed by atoms with E-state index in [0.29, 0.717) is 6.61 Å². The second kappa shape index (κ2) is 3.98. The van der Waals surface area contributed by atoms with Gasteiger partial charge in [0.15, 0.2) is 0 Å². The molecule has 0 aliphatic heterocycles. The first-order chi connectivity index (χ1) is 5.29. The maximum atomic E-state index is 8.47. The first-order valence-electron chi connectivity index (χ1n) is 3.17. The lowest BCUT2D eigenvalue weighted by Gasteiger charge is -1.91. The van der Waals surface area contributed by atoms with Gasteiger partial charge in [-0.3, -0.25) is 0 Å². The predicted molar refractivity (Wildman–Crippen MR) is 44.0 cm³/mol. The van der Waals surface area contributed by atoms with Crippen molar-refractivity contribution in [3.05, 3.63) is 35.9 Å². The molecule has 0 aromatic heterocycles. The van der Waals surface area contributed by atoms with Crippen molar-refractivity contribution in [2.75, 3.05) is 0 Å². The molecular weight excluding hydrogens is 164 g/mol. The van der Waals surface area contributed by atoms with Crippen LogP contribution >= 0.6 is 11.6 Å². The average molecular weight is 172 g/mol. The molecule has 2 nitrogen and oxygen atoms in total. The summed E-state index contributed by atoms with van der Waals surface area (Å²) in [4.78, 5) is 8.47. The fourth-order valence-corrected chi connectivity index (χ4v) is 0.772. The monoisotopic (exact) mass is 171 g/mol. The summed E-state index contributed by atoms with van der Waals surface area (Å²) in [5.41, 5.74) is 0.452. The summed E-state index contributed by atoms with van der Waals surface area (Å²) < 4.78 is 4.67. The molecule has 0 unspecified atom stereocenters. The van der Waals surface area contributed by atoms with Crippen molar-refractivity contribution in [3.8, 4) is 0 Å². The van der Waals surface area contributed by atoms with Crippen molar-refractivity contribution < 1.29 is 9.53 Å². The highest BCUT2D eigenvalue weighted by molar-refractivity contribution is 6.61. The molecule has 1 N–H and O–H groups in total. The minimum atomic E-state index is -0.520. The Morgan fingerprint density at radius 2 is 2.00 bits per heavy atom. The summed E-state index contributed by atoms with van der Waals surface area (Å²) in [7, 11) is 0. The molecule has 0 saturated heterocycles. The molecule has 0 bridgehead atoms. The molecule has 3 heteroatoms. The average Bonchev–Trinajstić information content (AvgIpc) is 2.03. The van der Waals surface area contributed by atoms with Gasteiger partial charge in [0.1, 0.15) is 0 Å². The fraction of sp³-hybridized carbons (Fsp3) is 0.125. The van der Waals surface area contributed by atoms with E-state index in [1.165, 1.54) is 0 Å². The van der Waals surface area contributed by atoms with Gasteiger partial charge in [-0.2, -0.15) is 0 Å². The first kappa shape index (κ1) is 8.08. The van der Waals surface area contributed by atoms with E-state index in [9.17, 15) is 0 Å². The van der Waals surface area contributed by atoms with E-state index in [2.05, 4.69) is 4.74 Å². The molecule has 0 fully saturated rings. The summed E-state index contributed by atoms with van der Waals surface area (Å²) in [6.07, 6.45) is 0. The van der Waals surface area contributed by atoms with Crippen LogP contribution in [0.3, 0.4) is 0 Å². The van der Waals surface area contributed by atoms with Crippen molar-refractivity contribution in [1.29, 1.82) is 0 Å². The quantitative estimate of drug-likeness (QED) is 0.494. The van der Waals surface area contributed by atoms with Gasteiger partial charge in [-0.25, -0.2) is 0 Å². The third-order valence-electron chi connectivity index (χ3n) is 1.20. The number of hydrogen-bond donors (Lipinski definition) is 0. The lowest BCUT2D eigenvalue weighted by atomic mass is 10.2. The topological polar surface area (TPSA) is 30.6 Å². The van der Waals surface area contributed by atoms with Crippen LogP contribution in [-0.2, 0) is 11.3 Å². The molecule has 11 heavy (non-hydrogen) atoms. The Morgan fingerprint density at radius 1 is 1.36 bits per heavy atom. The standard InChI is InChI=1S/C8H7ClO2/c9-8(10)11-6-7-4-2-1-3-5-7/h1-5H,6H2/p+1. The Bertz CT molecular complexity index is 233. The lowest BCUT2D eigenvalue weighted by molar-refractivity contribution is 0.273. The van der Waals surface area contributed by atoms with E-state index in [1.54, 1.807) is 0 Å². The smallest absolute Gasteiger partial charge is 0.325 e. The second-order valence-electron chi connectivity index (χ2n) is 2.03. The maximum absolute atomic E-state index is 8.47. The summed E-state index contributed by atoms with van der Waals surface area (Å²) in [5.74, 6) is 0. The van der Waals surface area contributed by atoms with Crippen LogP contribution in [0.25, 0.3) is 0 Å². The van der Waals surface area contributed by atoms with Crippen LogP contribution in [0.4, 0.5) is 0 Å². The van der Waals surface area contributed by atoms with Crippen molar-refractivity contribution in [2.24, 2.45) is 0 Å². The van der Waals surface area contributed by atoms with E-state index in [0.717, 1.165) is 5.56 Å². The Labute approximate surface area is 69.7 Å². The first-order valence-corrected chi connectivity index (χ1v) is 3.55. The summed E-state index contributed by atoms with van der Waals surface area (Å²) >= 11 is 5.08. The molecule has 0 spiro atoms. The molecule has 0 heterocycles. The number of hydrogen-bond acceptors (Lipinski definition) is 1. The zero-order valence-corrected chi connectivity index (χ0v) is 6.58. The number of benzene rings is 1. The van der Waals surface area contributed by atoms with Crippen molar-refractivity contribution in [1.82, 2.24) is 0 Å². The largest absolute Gasteiger partial charge is 0.591 e.